The van der Waals surface area contributed by atoms with Gasteiger partial charge in [0.1, 0.15) is 18.1 Å². The van der Waals surface area contributed by atoms with Crippen LogP contribution in [0.1, 0.15) is 13.8 Å². The third-order valence-corrected chi connectivity index (χ3v) is 4.67. The number of sulfonamides is 1. The first-order valence-electron chi connectivity index (χ1n) is 7.02. The quantitative estimate of drug-likeness (QED) is 0.760. The van der Waals surface area contributed by atoms with E-state index in [-0.39, 0.29) is 23.4 Å². The molecule has 0 saturated carbocycles. The Morgan fingerprint density at radius 1 is 1.22 bits per heavy atom. The van der Waals surface area contributed by atoms with E-state index in [2.05, 4.69) is 4.98 Å². The van der Waals surface area contributed by atoms with Crippen LogP contribution in [0.4, 0.5) is 5.82 Å². The van der Waals surface area contributed by atoms with Crippen molar-refractivity contribution in [3.63, 3.8) is 0 Å². The highest BCUT2D eigenvalue weighted by Crippen LogP contribution is 2.23. The van der Waals surface area contributed by atoms with E-state index < -0.39 is 10.0 Å². The van der Waals surface area contributed by atoms with Gasteiger partial charge >= 0.3 is 0 Å². The minimum atomic E-state index is -3.87. The fourth-order valence-electron chi connectivity index (χ4n) is 1.94. The molecule has 0 aliphatic heterocycles. The number of hydrogen-bond acceptors (Lipinski definition) is 5. The number of aromatic nitrogens is 1. The van der Waals surface area contributed by atoms with Crippen LogP contribution in [0.15, 0.2) is 53.6 Å². The van der Waals surface area contributed by atoms with E-state index in [0.717, 1.165) is 4.31 Å². The van der Waals surface area contributed by atoms with Crippen molar-refractivity contribution in [3.8, 4) is 11.8 Å². The molecule has 6 nitrogen and oxygen atoms in total. The van der Waals surface area contributed by atoms with Crippen LogP contribution in [-0.4, -0.2) is 26.1 Å². The summed E-state index contributed by atoms with van der Waals surface area (Å²) in [7, 11) is -3.87. The molecule has 0 bridgehead atoms. The van der Waals surface area contributed by atoms with Crippen molar-refractivity contribution < 1.29 is 13.2 Å². The molecule has 0 N–H and O–H groups in total. The average molecular weight is 331 g/mol. The lowest BCUT2D eigenvalue weighted by molar-refractivity contribution is 0.242. The number of benzene rings is 1. The molecule has 0 amide bonds. The van der Waals surface area contributed by atoms with E-state index in [1.54, 1.807) is 30.3 Å². The van der Waals surface area contributed by atoms with Gasteiger partial charge in [0.15, 0.2) is 0 Å². The summed E-state index contributed by atoms with van der Waals surface area (Å²) < 4.78 is 32.0. The van der Waals surface area contributed by atoms with Gasteiger partial charge in [-0.05, 0) is 50.2 Å². The molecule has 23 heavy (non-hydrogen) atoms. The van der Waals surface area contributed by atoms with Crippen LogP contribution in [0.2, 0.25) is 0 Å². The molecule has 1 aromatic carbocycles. The first-order chi connectivity index (χ1) is 10.9. The SMILES string of the molecule is CC(C)Oc1ccc(S(=O)(=O)N(CC#N)c2ccccn2)cc1. The second-order valence-corrected chi connectivity index (χ2v) is 6.86. The molecule has 7 heteroatoms. The smallest absolute Gasteiger partial charge is 0.266 e. The van der Waals surface area contributed by atoms with Crippen molar-refractivity contribution in [1.29, 1.82) is 5.26 Å². The molecular formula is C16H17N3O3S. The summed E-state index contributed by atoms with van der Waals surface area (Å²) in [6.07, 6.45) is 1.48. The molecule has 120 valence electrons. The summed E-state index contributed by atoms with van der Waals surface area (Å²) in [6.45, 7) is 3.46. The van der Waals surface area contributed by atoms with Gasteiger partial charge in [0.25, 0.3) is 10.0 Å². The van der Waals surface area contributed by atoms with Gasteiger partial charge in [-0.15, -0.1) is 0 Å². The zero-order valence-corrected chi connectivity index (χ0v) is 13.7. The predicted molar refractivity (Wildman–Crippen MR) is 86.6 cm³/mol. The second kappa shape index (κ2) is 7.11. The lowest BCUT2D eigenvalue weighted by Crippen LogP contribution is -2.32. The molecule has 0 radical (unpaired) electrons. The van der Waals surface area contributed by atoms with Gasteiger partial charge < -0.3 is 4.74 Å². The van der Waals surface area contributed by atoms with Crippen molar-refractivity contribution in [2.45, 2.75) is 24.8 Å². The largest absolute Gasteiger partial charge is 0.491 e. The number of ether oxygens (including phenoxy) is 1. The van der Waals surface area contributed by atoms with Gasteiger partial charge in [0, 0.05) is 6.20 Å². The third kappa shape index (κ3) is 3.99. The standard InChI is InChI=1S/C16H17N3O3S/c1-13(2)22-14-6-8-15(9-7-14)23(20,21)19(12-10-17)16-5-3-4-11-18-16/h3-9,11,13H,12H2,1-2H3. The van der Waals surface area contributed by atoms with Crippen LogP contribution in [0.5, 0.6) is 5.75 Å². The fraction of sp³-hybridized carbons (Fsp3) is 0.250. The summed E-state index contributed by atoms with van der Waals surface area (Å²) in [5, 5.41) is 8.95. The Morgan fingerprint density at radius 3 is 2.43 bits per heavy atom. The first kappa shape index (κ1) is 16.8. The monoisotopic (exact) mass is 331 g/mol. The van der Waals surface area contributed by atoms with E-state index in [4.69, 9.17) is 10.00 Å². The zero-order chi connectivity index (χ0) is 16.9. The Hall–Kier alpha value is -2.59. The molecule has 2 rings (SSSR count). The molecule has 0 aliphatic rings. The molecule has 0 spiro atoms. The molecule has 2 aromatic rings. The van der Waals surface area contributed by atoms with E-state index in [9.17, 15) is 8.42 Å². The van der Waals surface area contributed by atoms with Gasteiger partial charge in [-0.3, -0.25) is 0 Å². The van der Waals surface area contributed by atoms with Gasteiger partial charge in [-0.25, -0.2) is 17.7 Å². The normalized spacial score (nSPS) is 11.0. The van der Waals surface area contributed by atoms with Crippen LogP contribution in [-0.2, 0) is 10.0 Å². The third-order valence-electron chi connectivity index (χ3n) is 2.90. The zero-order valence-electron chi connectivity index (χ0n) is 12.9. The molecule has 0 atom stereocenters. The van der Waals surface area contributed by atoms with Crippen molar-refractivity contribution in [1.82, 2.24) is 4.98 Å². The van der Waals surface area contributed by atoms with Crippen LogP contribution >= 0.6 is 0 Å². The molecule has 1 heterocycles. The summed E-state index contributed by atoms with van der Waals surface area (Å²) in [4.78, 5) is 4.10. The number of hydrogen-bond donors (Lipinski definition) is 0. The Kier molecular flexibility index (Phi) is 5.19. The Labute approximate surface area is 136 Å². The number of rotatable bonds is 6. The van der Waals surface area contributed by atoms with E-state index in [1.165, 1.54) is 18.3 Å². The summed E-state index contributed by atoms with van der Waals surface area (Å²) in [5.74, 6) is 0.792. The minimum absolute atomic E-state index is 0.000985. The van der Waals surface area contributed by atoms with Gasteiger partial charge in [0.05, 0.1) is 17.1 Å². The molecule has 1 aromatic heterocycles. The highest BCUT2D eigenvalue weighted by Gasteiger charge is 2.25. The van der Waals surface area contributed by atoms with Crippen molar-refractivity contribution in [2.24, 2.45) is 0 Å². The van der Waals surface area contributed by atoms with Crippen LogP contribution in [0, 0.1) is 11.3 Å². The first-order valence-corrected chi connectivity index (χ1v) is 8.46. The minimum Gasteiger partial charge on any atom is -0.491 e. The number of pyridine rings is 1. The Morgan fingerprint density at radius 2 is 1.91 bits per heavy atom. The van der Waals surface area contributed by atoms with Crippen molar-refractivity contribution in [2.75, 3.05) is 10.8 Å². The van der Waals surface area contributed by atoms with Crippen LogP contribution in [0.3, 0.4) is 0 Å². The summed E-state index contributed by atoms with van der Waals surface area (Å²) in [6, 6.07) is 12.9. The maximum absolute atomic E-state index is 12.8. The van der Waals surface area contributed by atoms with E-state index in [0.29, 0.717) is 5.75 Å². The summed E-state index contributed by atoms with van der Waals surface area (Å²) in [5.41, 5.74) is 0. The number of anilines is 1. The highest BCUT2D eigenvalue weighted by molar-refractivity contribution is 7.92. The maximum atomic E-state index is 12.8. The molecular weight excluding hydrogens is 314 g/mol. The van der Waals surface area contributed by atoms with Gasteiger partial charge in [0.2, 0.25) is 0 Å². The predicted octanol–water partition coefficient (Wildman–Crippen LogP) is 2.59. The lowest BCUT2D eigenvalue weighted by Gasteiger charge is -2.20. The summed E-state index contributed by atoms with van der Waals surface area (Å²) >= 11 is 0. The fourth-order valence-corrected chi connectivity index (χ4v) is 3.26. The van der Waals surface area contributed by atoms with E-state index >= 15 is 0 Å². The molecule has 0 fully saturated rings. The number of nitrogens with zero attached hydrogens (tertiary/aromatic N) is 3. The molecule has 0 unspecified atom stereocenters. The van der Waals surface area contributed by atoms with Crippen molar-refractivity contribution >= 4 is 15.8 Å². The molecule has 0 aliphatic carbocycles. The Bertz CT molecular complexity index is 782. The van der Waals surface area contributed by atoms with Gasteiger partial charge in [-0.2, -0.15) is 5.26 Å². The van der Waals surface area contributed by atoms with Crippen LogP contribution < -0.4 is 9.04 Å². The van der Waals surface area contributed by atoms with Gasteiger partial charge in [-0.1, -0.05) is 6.07 Å². The molecule has 0 saturated heterocycles. The highest BCUT2D eigenvalue weighted by atomic mass is 32.2. The maximum Gasteiger partial charge on any atom is 0.266 e. The number of nitriles is 1. The average Bonchev–Trinajstić information content (AvgIpc) is 2.53. The lowest BCUT2D eigenvalue weighted by atomic mass is 10.3. The topological polar surface area (TPSA) is 83.3 Å². The van der Waals surface area contributed by atoms with Crippen molar-refractivity contribution in [3.05, 3.63) is 48.7 Å². The Balaban J connectivity index is 2.37. The second-order valence-electron chi connectivity index (χ2n) is 5.00. The van der Waals surface area contributed by atoms with Crippen LogP contribution in [0.25, 0.3) is 0 Å². The van der Waals surface area contributed by atoms with E-state index in [1.807, 2.05) is 19.9 Å².